The molecule has 2 nitrogen and oxygen atoms in total. The normalized spacial score (nSPS) is 10.4. The van der Waals surface area contributed by atoms with Crippen LogP contribution >= 0.6 is 23.2 Å². The lowest BCUT2D eigenvalue weighted by molar-refractivity contribution is -0.0498. The van der Waals surface area contributed by atoms with Crippen molar-refractivity contribution in [3.8, 4) is 5.75 Å². The van der Waals surface area contributed by atoms with Gasteiger partial charge in [-0.15, -0.1) is 0 Å². The Morgan fingerprint density at radius 3 is 2.57 bits per heavy atom. The van der Waals surface area contributed by atoms with E-state index in [0.717, 1.165) is 6.07 Å². The Kier molecular flexibility index (Phi) is 3.66. The number of benzene rings is 1. The van der Waals surface area contributed by atoms with Gasteiger partial charge in [0.2, 0.25) is 0 Å². The van der Waals surface area contributed by atoms with Crippen LogP contribution in [0, 0.1) is 0 Å². The minimum atomic E-state index is -2.95. The fourth-order valence-corrected chi connectivity index (χ4v) is 1.24. The molecule has 0 aliphatic rings. The third-order valence-corrected chi connectivity index (χ3v) is 1.91. The van der Waals surface area contributed by atoms with E-state index in [1.54, 1.807) is 0 Å². The first-order chi connectivity index (χ1) is 6.50. The molecule has 0 unspecified atom stereocenters. The zero-order valence-corrected chi connectivity index (χ0v) is 8.15. The molecule has 0 aromatic heterocycles. The minimum absolute atomic E-state index is 0.0634. The monoisotopic (exact) mass is 240 g/mol. The molecule has 0 bridgehead atoms. The van der Waals surface area contributed by atoms with Crippen LogP contribution in [0.2, 0.25) is 5.02 Å². The van der Waals surface area contributed by atoms with E-state index in [4.69, 9.17) is 23.2 Å². The largest absolute Gasteiger partial charge is 0.435 e. The molecular weight excluding hydrogens is 237 g/mol. The predicted molar refractivity (Wildman–Crippen MR) is 48.3 cm³/mol. The van der Waals surface area contributed by atoms with Crippen molar-refractivity contribution in [2.45, 2.75) is 6.61 Å². The number of halogens is 4. The maximum Gasteiger partial charge on any atom is 0.387 e. The van der Waals surface area contributed by atoms with E-state index in [0.29, 0.717) is 0 Å². The first kappa shape index (κ1) is 11.2. The molecule has 1 rings (SSSR count). The molecule has 0 heterocycles. The Labute approximate surface area is 88.4 Å². The van der Waals surface area contributed by atoms with Gasteiger partial charge in [0.1, 0.15) is 5.75 Å². The minimum Gasteiger partial charge on any atom is -0.435 e. The van der Waals surface area contributed by atoms with Crippen molar-refractivity contribution in [2.75, 3.05) is 0 Å². The summed E-state index contributed by atoms with van der Waals surface area (Å²) in [6.07, 6.45) is 0. The Balaban J connectivity index is 3.00. The molecule has 0 aliphatic carbocycles. The van der Waals surface area contributed by atoms with E-state index >= 15 is 0 Å². The molecule has 0 amide bonds. The van der Waals surface area contributed by atoms with Crippen molar-refractivity contribution in [3.63, 3.8) is 0 Å². The van der Waals surface area contributed by atoms with Gasteiger partial charge in [-0.3, -0.25) is 4.79 Å². The number of carbonyl (C=O) groups excluding carboxylic acids is 1. The molecule has 0 fully saturated rings. The maximum absolute atomic E-state index is 11.8. The lowest BCUT2D eigenvalue weighted by Crippen LogP contribution is -2.02. The number of hydrogen-bond acceptors (Lipinski definition) is 2. The molecule has 76 valence electrons. The van der Waals surface area contributed by atoms with Crippen LogP contribution in [0.3, 0.4) is 0 Å². The predicted octanol–water partition coefficient (Wildman–Crippen LogP) is 3.32. The standard InChI is InChI=1S/C8H4Cl2F2O2/c9-6-2-1-4(14-8(11)12)3-5(6)7(10)13/h1-3,8H. The topological polar surface area (TPSA) is 26.3 Å². The molecule has 0 N–H and O–H groups in total. The molecule has 0 aliphatic heterocycles. The van der Waals surface area contributed by atoms with E-state index in [9.17, 15) is 13.6 Å². The number of ether oxygens (including phenoxy) is 1. The summed E-state index contributed by atoms with van der Waals surface area (Å²) in [6, 6.07) is 3.54. The molecule has 0 saturated carbocycles. The third kappa shape index (κ3) is 2.82. The summed E-state index contributed by atoms with van der Waals surface area (Å²) in [5.41, 5.74) is -0.0634. The van der Waals surface area contributed by atoms with Gasteiger partial charge in [-0.1, -0.05) is 11.6 Å². The number of carbonyl (C=O) groups is 1. The van der Waals surface area contributed by atoms with Crippen LogP contribution in [0.4, 0.5) is 8.78 Å². The zero-order valence-electron chi connectivity index (χ0n) is 6.64. The average molecular weight is 241 g/mol. The van der Waals surface area contributed by atoms with Gasteiger partial charge in [0.05, 0.1) is 10.6 Å². The molecule has 0 radical (unpaired) electrons. The summed E-state index contributed by atoms with van der Waals surface area (Å²) in [5.74, 6) is -0.159. The highest BCUT2D eigenvalue weighted by atomic mass is 35.5. The second kappa shape index (κ2) is 4.57. The van der Waals surface area contributed by atoms with Crippen LogP contribution in [0.1, 0.15) is 10.4 Å². The highest BCUT2D eigenvalue weighted by molar-refractivity contribution is 6.68. The molecule has 1 aromatic carbocycles. The van der Waals surface area contributed by atoms with Crippen molar-refractivity contribution in [1.82, 2.24) is 0 Å². The first-order valence-corrected chi connectivity index (χ1v) is 4.20. The van der Waals surface area contributed by atoms with E-state index in [-0.39, 0.29) is 16.3 Å². The van der Waals surface area contributed by atoms with Crippen molar-refractivity contribution in [2.24, 2.45) is 0 Å². The Morgan fingerprint density at radius 1 is 1.43 bits per heavy atom. The first-order valence-electron chi connectivity index (χ1n) is 3.45. The molecule has 0 atom stereocenters. The van der Waals surface area contributed by atoms with Gasteiger partial charge in [-0.25, -0.2) is 0 Å². The van der Waals surface area contributed by atoms with Gasteiger partial charge >= 0.3 is 6.61 Å². The summed E-state index contributed by atoms with van der Waals surface area (Å²) in [6.45, 7) is -2.95. The van der Waals surface area contributed by atoms with Gasteiger partial charge in [-0.05, 0) is 29.8 Å². The summed E-state index contributed by atoms with van der Waals surface area (Å²) in [7, 11) is 0. The smallest absolute Gasteiger partial charge is 0.387 e. The maximum atomic E-state index is 11.8. The van der Waals surface area contributed by atoms with Crippen LogP contribution < -0.4 is 4.74 Å². The summed E-state index contributed by atoms with van der Waals surface area (Å²) < 4.78 is 27.6. The van der Waals surface area contributed by atoms with Gasteiger partial charge in [0.25, 0.3) is 5.24 Å². The van der Waals surface area contributed by atoms with Gasteiger partial charge in [0, 0.05) is 0 Å². The van der Waals surface area contributed by atoms with Crippen LogP contribution in [-0.4, -0.2) is 11.9 Å². The molecule has 0 spiro atoms. The molecular formula is C8H4Cl2F2O2. The summed E-state index contributed by atoms with van der Waals surface area (Å²) in [5, 5.41) is -0.735. The van der Waals surface area contributed by atoms with Crippen LogP contribution in [0.15, 0.2) is 18.2 Å². The Morgan fingerprint density at radius 2 is 2.07 bits per heavy atom. The Hall–Kier alpha value is -0.870. The van der Waals surface area contributed by atoms with Crippen molar-refractivity contribution in [3.05, 3.63) is 28.8 Å². The quantitative estimate of drug-likeness (QED) is 0.758. The third-order valence-electron chi connectivity index (χ3n) is 1.37. The van der Waals surface area contributed by atoms with Crippen LogP contribution in [0.25, 0.3) is 0 Å². The fourth-order valence-electron chi connectivity index (χ4n) is 0.831. The van der Waals surface area contributed by atoms with E-state index in [2.05, 4.69) is 4.74 Å². The highest BCUT2D eigenvalue weighted by Gasteiger charge is 2.11. The van der Waals surface area contributed by atoms with Gasteiger partial charge < -0.3 is 4.74 Å². The fraction of sp³-hybridized carbons (Fsp3) is 0.125. The van der Waals surface area contributed by atoms with E-state index < -0.39 is 11.9 Å². The number of alkyl halides is 2. The molecule has 14 heavy (non-hydrogen) atoms. The highest BCUT2D eigenvalue weighted by Crippen LogP contribution is 2.24. The number of hydrogen-bond donors (Lipinski definition) is 0. The lowest BCUT2D eigenvalue weighted by Gasteiger charge is -2.05. The number of rotatable bonds is 3. The van der Waals surface area contributed by atoms with Crippen molar-refractivity contribution in [1.29, 1.82) is 0 Å². The van der Waals surface area contributed by atoms with Crippen LogP contribution in [0.5, 0.6) is 5.75 Å². The zero-order chi connectivity index (χ0) is 10.7. The van der Waals surface area contributed by atoms with Crippen molar-refractivity contribution < 1.29 is 18.3 Å². The van der Waals surface area contributed by atoms with Gasteiger partial charge in [-0.2, -0.15) is 8.78 Å². The summed E-state index contributed by atoms with van der Waals surface area (Å²) in [4.78, 5) is 10.7. The second-order valence-electron chi connectivity index (χ2n) is 2.29. The van der Waals surface area contributed by atoms with E-state index in [1.807, 2.05) is 0 Å². The molecule has 6 heteroatoms. The lowest BCUT2D eigenvalue weighted by atomic mass is 10.2. The SMILES string of the molecule is O=C(Cl)c1cc(OC(F)F)ccc1Cl. The molecule has 1 aromatic rings. The van der Waals surface area contributed by atoms with Gasteiger partial charge in [0.15, 0.2) is 0 Å². The van der Waals surface area contributed by atoms with E-state index in [1.165, 1.54) is 12.1 Å². The molecule has 0 saturated heterocycles. The van der Waals surface area contributed by atoms with Crippen LogP contribution in [-0.2, 0) is 0 Å². The summed E-state index contributed by atoms with van der Waals surface area (Å²) >= 11 is 10.7. The Bertz CT molecular complexity index is 355. The van der Waals surface area contributed by atoms with Crippen molar-refractivity contribution >= 4 is 28.4 Å². The average Bonchev–Trinajstić information content (AvgIpc) is 2.07. The second-order valence-corrected chi connectivity index (χ2v) is 3.04.